The van der Waals surface area contributed by atoms with Crippen molar-refractivity contribution in [3.63, 3.8) is 0 Å². The Morgan fingerprint density at radius 2 is 2.26 bits per heavy atom. The minimum Gasteiger partial charge on any atom is -0.511 e. The number of halogens is 1. The predicted octanol–water partition coefficient (Wildman–Crippen LogP) is 4.84. The van der Waals surface area contributed by atoms with Crippen LogP contribution < -0.4 is 0 Å². The molecule has 1 aliphatic carbocycles. The Morgan fingerprint density at radius 3 is 2.83 bits per heavy atom. The highest BCUT2D eigenvalue weighted by Crippen LogP contribution is 2.32. The largest absolute Gasteiger partial charge is 0.511 e. The van der Waals surface area contributed by atoms with Crippen LogP contribution in [0, 0.1) is 5.92 Å². The Kier molecular flexibility index (Phi) is 9.41. The molecule has 0 saturated heterocycles. The van der Waals surface area contributed by atoms with Crippen molar-refractivity contribution >= 4 is 34.9 Å². The molecule has 1 N–H and O–H groups in total. The van der Waals surface area contributed by atoms with Crippen LogP contribution in [0.1, 0.15) is 46.5 Å². The molecule has 2 atom stereocenters. The van der Waals surface area contributed by atoms with Gasteiger partial charge in [-0.25, -0.2) is 0 Å². The lowest BCUT2D eigenvalue weighted by Gasteiger charge is -2.25. The average Bonchev–Trinajstić information content (AvgIpc) is 2.49. The molecule has 130 valence electrons. The van der Waals surface area contributed by atoms with Crippen molar-refractivity contribution in [2.75, 3.05) is 12.4 Å². The number of carbonyl (C=O) groups is 1. The minimum atomic E-state index is -0.0375. The summed E-state index contributed by atoms with van der Waals surface area (Å²) in [5.74, 6) is 1.38. The fourth-order valence-corrected chi connectivity index (χ4v) is 3.82. The van der Waals surface area contributed by atoms with Crippen LogP contribution in [0.15, 0.2) is 28.1 Å². The lowest BCUT2D eigenvalue weighted by molar-refractivity contribution is -0.116. The number of thioether (sulfide) groups is 1. The molecule has 1 aliphatic rings. The molecular weight excluding hydrogens is 334 g/mol. The average molecular weight is 360 g/mol. The maximum Gasteiger partial charge on any atom is 0.168 e. The van der Waals surface area contributed by atoms with Crippen molar-refractivity contribution < 1.29 is 14.7 Å². The lowest BCUT2D eigenvalue weighted by atomic mass is 9.82. The van der Waals surface area contributed by atoms with Gasteiger partial charge in [0.25, 0.3) is 0 Å². The maximum atomic E-state index is 12.4. The molecule has 2 unspecified atom stereocenters. The van der Waals surface area contributed by atoms with E-state index in [1.165, 1.54) is 5.54 Å². The molecule has 0 amide bonds. The first-order chi connectivity index (χ1) is 11.0. The van der Waals surface area contributed by atoms with Gasteiger partial charge in [-0.2, -0.15) is 11.8 Å². The molecule has 0 fully saturated rings. The zero-order chi connectivity index (χ0) is 17.2. The lowest BCUT2D eigenvalue weighted by Crippen LogP contribution is -2.26. The molecule has 0 aliphatic heterocycles. The monoisotopic (exact) mass is 359 g/mol. The molecule has 4 nitrogen and oxygen atoms in total. The molecule has 0 heterocycles. The molecule has 1 rings (SSSR count). The number of aliphatic hydroxyl groups excluding tert-OH is 1. The number of Topliss-reactive ketones (excluding diaryl/α,β-unsaturated/α-hetero) is 1. The first-order valence-electron chi connectivity index (χ1n) is 8.04. The van der Waals surface area contributed by atoms with Crippen LogP contribution in [0.2, 0.25) is 0 Å². The molecular formula is C17H26ClNO3S. The Balaban J connectivity index is 2.79. The van der Waals surface area contributed by atoms with Gasteiger partial charge in [-0.3, -0.25) is 4.79 Å². The Labute approximate surface area is 148 Å². The van der Waals surface area contributed by atoms with E-state index in [2.05, 4.69) is 19.0 Å². The topological polar surface area (TPSA) is 58.9 Å². The molecule has 0 radical (unpaired) electrons. The summed E-state index contributed by atoms with van der Waals surface area (Å²) >= 11 is 7.30. The number of nitrogens with zero attached hydrogens (tertiary/aromatic N) is 1. The third kappa shape index (κ3) is 6.60. The zero-order valence-corrected chi connectivity index (χ0v) is 15.6. The summed E-state index contributed by atoms with van der Waals surface area (Å²) in [4.78, 5) is 17.6. The summed E-state index contributed by atoms with van der Waals surface area (Å²) in [7, 11) is 0. The highest BCUT2D eigenvalue weighted by molar-refractivity contribution is 7.99. The van der Waals surface area contributed by atoms with Gasteiger partial charge in [-0.15, -0.1) is 0 Å². The molecule has 0 aromatic rings. The number of rotatable bonds is 9. The Bertz CT molecular complexity index is 488. The molecule has 0 saturated carbocycles. The third-order valence-corrected chi connectivity index (χ3v) is 4.97. The van der Waals surface area contributed by atoms with Gasteiger partial charge in [0.2, 0.25) is 0 Å². The van der Waals surface area contributed by atoms with Gasteiger partial charge in [0.05, 0.1) is 11.3 Å². The van der Waals surface area contributed by atoms with Crippen molar-refractivity contribution in [1.29, 1.82) is 0 Å². The van der Waals surface area contributed by atoms with Gasteiger partial charge < -0.3 is 9.94 Å². The Morgan fingerprint density at radius 1 is 1.52 bits per heavy atom. The highest BCUT2D eigenvalue weighted by atomic mass is 35.5. The number of ketones is 1. The van der Waals surface area contributed by atoms with E-state index < -0.39 is 0 Å². The van der Waals surface area contributed by atoms with Crippen LogP contribution in [0.4, 0.5) is 0 Å². The molecule has 0 bridgehead atoms. The summed E-state index contributed by atoms with van der Waals surface area (Å²) in [6.07, 6.45) is 4.09. The van der Waals surface area contributed by atoms with Crippen LogP contribution in [0.3, 0.4) is 0 Å². The molecule has 6 heteroatoms. The van der Waals surface area contributed by atoms with Gasteiger partial charge in [-0.1, -0.05) is 37.5 Å². The number of carbonyl (C=O) groups excluding carboxylic acids is 1. The maximum absolute atomic E-state index is 12.4. The van der Waals surface area contributed by atoms with E-state index in [0.29, 0.717) is 35.8 Å². The van der Waals surface area contributed by atoms with E-state index in [-0.39, 0.29) is 24.1 Å². The van der Waals surface area contributed by atoms with Gasteiger partial charge in [-0.05, 0) is 30.6 Å². The summed E-state index contributed by atoms with van der Waals surface area (Å²) in [6, 6.07) is 0. The smallest absolute Gasteiger partial charge is 0.168 e. The standard InChI is InChI=1S/C17H26ClNO3S/c1-4-14(19-22-8-6-7-18)17-15(20)10-13(11-16(17)21)9-12(3)23-5-2/h6-7,12-13,20H,4-5,8-11H2,1-3H3/b7-6+,19-14?. The van der Waals surface area contributed by atoms with E-state index in [0.717, 1.165) is 12.2 Å². The second-order valence-corrected chi connectivity index (χ2v) is 7.54. The number of aliphatic hydroxyl groups is 1. The Hall–Kier alpha value is -0.940. The second-order valence-electron chi connectivity index (χ2n) is 5.57. The molecule has 0 aromatic heterocycles. The number of allylic oxidation sites excluding steroid dienone is 2. The predicted molar refractivity (Wildman–Crippen MR) is 98.3 cm³/mol. The van der Waals surface area contributed by atoms with Crippen LogP contribution in [-0.4, -0.2) is 34.2 Å². The van der Waals surface area contributed by atoms with Gasteiger partial charge in [0.15, 0.2) is 5.78 Å². The minimum absolute atomic E-state index is 0.0375. The van der Waals surface area contributed by atoms with Gasteiger partial charge in [0.1, 0.15) is 12.4 Å². The van der Waals surface area contributed by atoms with Crippen molar-refractivity contribution in [3.05, 3.63) is 22.9 Å². The van der Waals surface area contributed by atoms with Crippen LogP contribution >= 0.6 is 23.4 Å². The van der Waals surface area contributed by atoms with Crippen molar-refractivity contribution in [2.45, 2.75) is 51.7 Å². The number of oxime groups is 1. The number of hydrogen-bond acceptors (Lipinski definition) is 5. The quantitative estimate of drug-likeness (QED) is 0.363. The third-order valence-electron chi connectivity index (χ3n) is 3.70. The van der Waals surface area contributed by atoms with Gasteiger partial charge >= 0.3 is 0 Å². The first-order valence-corrected chi connectivity index (χ1v) is 9.53. The summed E-state index contributed by atoms with van der Waals surface area (Å²) in [6.45, 7) is 6.43. The first kappa shape index (κ1) is 20.1. The van der Waals surface area contributed by atoms with E-state index >= 15 is 0 Å². The molecule has 0 aromatic carbocycles. The van der Waals surface area contributed by atoms with Crippen LogP contribution in [0.5, 0.6) is 0 Å². The summed E-state index contributed by atoms with van der Waals surface area (Å²) in [5, 5.41) is 14.8. The van der Waals surface area contributed by atoms with E-state index in [4.69, 9.17) is 16.4 Å². The van der Waals surface area contributed by atoms with E-state index in [9.17, 15) is 9.90 Å². The fraction of sp³-hybridized carbons (Fsp3) is 0.647. The van der Waals surface area contributed by atoms with Gasteiger partial charge in [0, 0.05) is 23.6 Å². The van der Waals surface area contributed by atoms with E-state index in [1.807, 2.05) is 18.7 Å². The van der Waals surface area contributed by atoms with Crippen molar-refractivity contribution in [1.82, 2.24) is 0 Å². The summed E-state index contributed by atoms with van der Waals surface area (Å²) < 4.78 is 0. The van der Waals surface area contributed by atoms with E-state index in [1.54, 1.807) is 6.08 Å². The van der Waals surface area contributed by atoms with Crippen LogP contribution in [-0.2, 0) is 9.63 Å². The van der Waals surface area contributed by atoms with Crippen molar-refractivity contribution in [3.8, 4) is 0 Å². The van der Waals surface area contributed by atoms with Crippen LogP contribution in [0.25, 0.3) is 0 Å². The fourth-order valence-electron chi connectivity index (χ4n) is 2.77. The normalized spacial score (nSPS) is 21.1. The zero-order valence-electron chi connectivity index (χ0n) is 14.0. The number of hydrogen-bond donors (Lipinski definition) is 1. The van der Waals surface area contributed by atoms with Crippen molar-refractivity contribution in [2.24, 2.45) is 11.1 Å². The summed E-state index contributed by atoms with van der Waals surface area (Å²) in [5.41, 5.74) is 2.20. The highest BCUT2D eigenvalue weighted by Gasteiger charge is 2.31. The second kappa shape index (κ2) is 10.8. The molecule has 23 heavy (non-hydrogen) atoms. The SMILES string of the molecule is CCSC(C)CC1CC(=O)C(C(CC)=NOC/C=C/Cl)=C(O)C1. The molecule has 0 spiro atoms.